The van der Waals surface area contributed by atoms with Crippen LogP contribution >= 0.6 is 0 Å². The minimum atomic E-state index is -0.411. The van der Waals surface area contributed by atoms with Gasteiger partial charge in [0, 0.05) is 48.7 Å². The number of fused-ring (bicyclic) bond motifs is 2. The van der Waals surface area contributed by atoms with Gasteiger partial charge in [-0.05, 0) is 55.9 Å². The highest BCUT2D eigenvalue weighted by Crippen LogP contribution is 2.36. The number of carbonyl (C=O) groups is 3. The van der Waals surface area contributed by atoms with Gasteiger partial charge in [0.05, 0.1) is 12.2 Å². The second-order valence-corrected chi connectivity index (χ2v) is 9.92. The molecule has 0 spiro atoms. The monoisotopic (exact) mass is 490 g/mol. The molecule has 0 radical (unpaired) electrons. The molecule has 3 heterocycles. The molecule has 2 aliphatic rings. The van der Waals surface area contributed by atoms with Crippen LogP contribution in [0.15, 0.2) is 53.3 Å². The van der Waals surface area contributed by atoms with Crippen molar-refractivity contribution < 1.29 is 18.8 Å². The van der Waals surface area contributed by atoms with Gasteiger partial charge >= 0.3 is 0 Å². The molecule has 36 heavy (non-hydrogen) atoms. The Morgan fingerprint density at radius 1 is 1.06 bits per heavy atom. The fraction of sp³-hybridized carbons (Fsp3) is 0.464. The molecule has 3 N–H and O–H groups in total. The summed E-state index contributed by atoms with van der Waals surface area (Å²) in [5.74, 6) is -0.770. The van der Waals surface area contributed by atoms with Crippen LogP contribution in [0, 0.1) is 11.8 Å². The SMILES string of the molecule is O=C(NCCc1c[nH]c2ccccc12)C1CC2C(=O)NCCCCCCN(C(=O)c3ccco3)C2C1. The number of para-hydroxylation sites is 1. The molecule has 190 valence electrons. The second-order valence-electron chi connectivity index (χ2n) is 9.92. The maximum atomic E-state index is 13.3. The van der Waals surface area contributed by atoms with Crippen LogP contribution in [0.25, 0.3) is 10.9 Å². The number of hydrogen-bond donors (Lipinski definition) is 3. The van der Waals surface area contributed by atoms with Crippen molar-refractivity contribution in [3.8, 4) is 0 Å². The van der Waals surface area contributed by atoms with Gasteiger partial charge in [0.25, 0.3) is 5.91 Å². The van der Waals surface area contributed by atoms with Gasteiger partial charge in [-0.1, -0.05) is 31.0 Å². The van der Waals surface area contributed by atoms with Crippen molar-refractivity contribution in [2.45, 2.75) is 51.0 Å². The minimum absolute atomic E-state index is 0.0485. The van der Waals surface area contributed by atoms with Crippen LogP contribution in [0.5, 0.6) is 0 Å². The van der Waals surface area contributed by atoms with Crippen LogP contribution < -0.4 is 10.6 Å². The number of aromatic nitrogens is 1. The number of nitrogens with zero attached hydrogens (tertiary/aromatic N) is 1. The third kappa shape index (κ3) is 5.17. The van der Waals surface area contributed by atoms with E-state index in [1.165, 1.54) is 6.26 Å². The van der Waals surface area contributed by atoms with Gasteiger partial charge in [0.1, 0.15) is 0 Å². The van der Waals surface area contributed by atoms with E-state index in [2.05, 4.69) is 21.7 Å². The predicted molar refractivity (Wildman–Crippen MR) is 136 cm³/mol. The molecule has 1 saturated carbocycles. The summed E-state index contributed by atoms with van der Waals surface area (Å²) in [5.41, 5.74) is 2.25. The van der Waals surface area contributed by atoms with E-state index in [0.717, 1.165) is 48.6 Å². The molecule has 3 atom stereocenters. The molecule has 8 nitrogen and oxygen atoms in total. The number of nitrogens with one attached hydrogen (secondary N) is 3. The zero-order chi connectivity index (χ0) is 24.9. The van der Waals surface area contributed by atoms with Crippen molar-refractivity contribution in [3.05, 3.63) is 60.2 Å². The molecule has 3 unspecified atom stereocenters. The van der Waals surface area contributed by atoms with Gasteiger partial charge in [0.2, 0.25) is 11.8 Å². The highest BCUT2D eigenvalue weighted by Gasteiger charge is 2.46. The predicted octanol–water partition coefficient (Wildman–Crippen LogP) is 3.65. The van der Waals surface area contributed by atoms with Crippen LogP contribution in [-0.2, 0) is 16.0 Å². The van der Waals surface area contributed by atoms with Crippen molar-refractivity contribution in [1.82, 2.24) is 20.5 Å². The Balaban J connectivity index is 1.28. The fourth-order valence-electron chi connectivity index (χ4n) is 5.72. The Morgan fingerprint density at radius 3 is 2.78 bits per heavy atom. The molecule has 1 aliphatic carbocycles. The molecule has 3 aromatic rings. The Hall–Kier alpha value is -3.55. The smallest absolute Gasteiger partial charge is 0.289 e. The van der Waals surface area contributed by atoms with Crippen LogP contribution in [0.4, 0.5) is 0 Å². The van der Waals surface area contributed by atoms with Crippen molar-refractivity contribution in [1.29, 1.82) is 0 Å². The van der Waals surface area contributed by atoms with E-state index in [-0.39, 0.29) is 35.4 Å². The summed E-state index contributed by atoms with van der Waals surface area (Å²) >= 11 is 0. The quantitative estimate of drug-likeness (QED) is 0.507. The maximum Gasteiger partial charge on any atom is 0.289 e. The van der Waals surface area contributed by atoms with E-state index in [4.69, 9.17) is 4.42 Å². The maximum absolute atomic E-state index is 13.3. The zero-order valence-corrected chi connectivity index (χ0v) is 20.5. The number of furan rings is 1. The molecule has 0 bridgehead atoms. The van der Waals surface area contributed by atoms with Gasteiger partial charge in [-0.3, -0.25) is 14.4 Å². The number of rotatable bonds is 5. The number of benzene rings is 1. The Bertz CT molecular complexity index is 1200. The zero-order valence-electron chi connectivity index (χ0n) is 20.5. The van der Waals surface area contributed by atoms with Gasteiger partial charge in [-0.25, -0.2) is 0 Å². The van der Waals surface area contributed by atoms with Crippen molar-refractivity contribution in [3.63, 3.8) is 0 Å². The first kappa shape index (κ1) is 24.2. The second kappa shape index (κ2) is 11.0. The summed E-state index contributed by atoms with van der Waals surface area (Å²) < 4.78 is 5.40. The van der Waals surface area contributed by atoms with Crippen molar-refractivity contribution in [2.24, 2.45) is 11.8 Å². The first-order valence-electron chi connectivity index (χ1n) is 13.1. The van der Waals surface area contributed by atoms with E-state index in [0.29, 0.717) is 32.5 Å². The molecule has 3 amide bonds. The normalized spacial score (nSPS) is 23.1. The molecule has 1 aromatic carbocycles. The fourth-order valence-corrected chi connectivity index (χ4v) is 5.72. The van der Waals surface area contributed by atoms with Crippen molar-refractivity contribution in [2.75, 3.05) is 19.6 Å². The van der Waals surface area contributed by atoms with Crippen LogP contribution in [0.3, 0.4) is 0 Å². The lowest BCUT2D eigenvalue weighted by Gasteiger charge is -2.32. The first-order chi connectivity index (χ1) is 17.6. The minimum Gasteiger partial charge on any atom is -0.459 e. The van der Waals surface area contributed by atoms with Crippen molar-refractivity contribution >= 4 is 28.6 Å². The summed E-state index contributed by atoms with van der Waals surface area (Å²) in [6.45, 7) is 1.71. The van der Waals surface area contributed by atoms with Gasteiger partial charge < -0.3 is 24.9 Å². The molecule has 2 fully saturated rings. The number of carbonyl (C=O) groups excluding carboxylic acids is 3. The molecular weight excluding hydrogens is 456 g/mol. The average molecular weight is 491 g/mol. The van der Waals surface area contributed by atoms with E-state index in [1.54, 1.807) is 17.0 Å². The van der Waals surface area contributed by atoms with Gasteiger partial charge in [-0.2, -0.15) is 0 Å². The number of H-pyrrole nitrogens is 1. The van der Waals surface area contributed by atoms with Crippen LogP contribution in [0.2, 0.25) is 0 Å². The summed E-state index contributed by atoms with van der Waals surface area (Å²) in [7, 11) is 0. The summed E-state index contributed by atoms with van der Waals surface area (Å²) in [4.78, 5) is 44.7. The molecule has 1 aliphatic heterocycles. The first-order valence-corrected chi connectivity index (χ1v) is 13.1. The molecule has 2 aromatic heterocycles. The summed E-state index contributed by atoms with van der Waals surface area (Å²) in [6, 6.07) is 11.1. The van der Waals surface area contributed by atoms with E-state index in [1.807, 2.05) is 24.4 Å². The largest absolute Gasteiger partial charge is 0.459 e. The topological polar surface area (TPSA) is 107 Å². The number of aromatic amines is 1. The lowest BCUT2D eigenvalue weighted by atomic mass is 10.00. The average Bonchev–Trinajstić information content (AvgIpc) is 3.65. The Labute approximate surface area is 210 Å². The lowest BCUT2D eigenvalue weighted by Crippen LogP contribution is -2.47. The highest BCUT2D eigenvalue weighted by atomic mass is 16.3. The Morgan fingerprint density at radius 2 is 1.92 bits per heavy atom. The lowest BCUT2D eigenvalue weighted by molar-refractivity contribution is -0.126. The standard InChI is InChI=1S/C28H34N4O4/c33-26(30-13-11-19-18-31-23-9-4-3-8-21(19)23)20-16-22-24(17-20)32(28(35)25-10-7-15-36-25)14-6-2-1-5-12-29-27(22)34/h3-4,7-10,15,18,20,22,24,31H,1-2,5-6,11-14,16-17H2,(H,29,34)(H,30,33). The summed E-state index contributed by atoms with van der Waals surface area (Å²) in [5, 5.41) is 7.30. The Kier molecular flexibility index (Phi) is 7.39. The third-order valence-electron chi connectivity index (χ3n) is 7.62. The van der Waals surface area contributed by atoms with Crippen LogP contribution in [0.1, 0.15) is 54.6 Å². The van der Waals surface area contributed by atoms with E-state index in [9.17, 15) is 14.4 Å². The highest BCUT2D eigenvalue weighted by molar-refractivity contribution is 5.93. The number of amides is 3. The van der Waals surface area contributed by atoms with Gasteiger partial charge in [-0.15, -0.1) is 0 Å². The number of hydrogen-bond acceptors (Lipinski definition) is 4. The molecule has 5 rings (SSSR count). The molecule has 8 heteroatoms. The van der Waals surface area contributed by atoms with Gasteiger partial charge in [0.15, 0.2) is 5.76 Å². The molecular formula is C28H34N4O4. The van der Waals surface area contributed by atoms with E-state index < -0.39 is 5.92 Å². The third-order valence-corrected chi connectivity index (χ3v) is 7.62. The molecule has 1 saturated heterocycles. The van der Waals surface area contributed by atoms with E-state index >= 15 is 0 Å². The van der Waals surface area contributed by atoms with Crippen LogP contribution in [-0.4, -0.2) is 53.3 Å². The summed E-state index contributed by atoms with van der Waals surface area (Å²) in [6.07, 6.45) is 8.91.